The van der Waals surface area contributed by atoms with Crippen molar-refractivity contribution >= 4 is 53.5 Å². The van der Waals surface area contributed by atoms with Gasteiger partial charge in [0, 0.05) is 48.8 Å². The van der Waals surface area contributed by atoms with E-state index in [4.69, 9.17) is 9.97 Å². The summed E-state index contributed by atoms with van der Waals surface area (Å²) >= 11 is 7.38. The molecule has 7 aromatic carbocycles. The topological polar surface area (TPSA) is 25.8 Å². The largest absolute Gasteiger partial charge is 0.256 e. The van der Waals surface area contributed by atoms with E-state index < -0.39 is 0 Å². The van der Waals surface area contributed by atoms with Crippen LogP contribution in [0.4, 0.5) is 0 Å². The Labute approximate surface area is 345 Å². The Hall–Kier alpha value is -5.68. The van der Waals surface area contributed by atoms with Gasteiger partial charge < -0.3 is 0 Å². The highest BCUT2D eigenvalue weighted by Gasteiger charge is 2.23. The van der Waals surface area contributed by atoms with Crippen molar-refractivity contribution < 1.29 is 0 Å². The summed E-state index contributed by atoms with van der Waals surface area (Å²) in [4.78, 5) is 10.1. The third-order valence-electron chi connectivity index (χ3n) is 11.4. The summed E-state index contributed by atoms with van der Waals surface area (Å²) in [5, 5.41) is 3.45. The molecule has 0 saturated heterocycles. The van der Waals surface area contributed by atoms with Crippen LogP contribution in [-0.4, -0.2) is 9.97 Å². The second kappa shape index (κ2) is 14.8. The number of halogens is 2. The fraction of sp³-hybridized carbons (Fsp3) is 0.0769. The highest BCUT2D eigenvalue weighted by Crippen LogP contribution is 2.46. The average molecular weight is 851 g/mol. The van der Waals surface area contributed by atoms with E-state index in [2.05, 4.69) is 205 Å². The van der Waals surface area contributed by atoms with E-state index in [1.54, 1.807) is 0 Å². The molecule has 0 radical (unpaired) electrons. The number of pyridine rings is 2. The van der Waals surface area contributed by atoms with Crippen LogP contribution in [0.15, 0.2) is 167 Å². The highest BCUT2D eigenvalue weighted by molar-refractivity contribution is 9.11. The minimum absolute atomic E-state index is 0.941. The van der Waals surface area contributed by atoms with Crippen LogP contribution >= 0.6 is 31.9 Å². The number of hydrogen-bond acceptors (Lipinski definition) is 2. The van der Waals surface area contributed by atoms with Gasteiger partial charge in [-0.25, -0.2) is 0 Å². The minimum atomic E-state index is 0.941. The van der Waals surface area contributed by atoms with Gasteiger partial charge in [-0.05, 0) is 130 Å². The van der Waals surface area contributed by atoms with Crippen molar-refractivity contribution in [3.05, 3.63) is 189 Å². The van der Waals surface area contributed by atoms with Gasteiger partial charge in [-0.3, -0.25) is 9.97 Å². The molecule has 0 unspecified atom stereocenters. The Morgan fingerprint density at radius 3 is 1.70 bits per heavy atom. The van der Waals surface area contributed by atoms with Crippen LogP contribution in [-0.2, 0) is 0 Å². The SMILES string of the molecule is Cc1c(C)c(-c2ccccc2-c2cnc(-c3cccc(Br)c3)cc2-c2ccccc2)c(C)c(C)c1-c1ccccc1-c1cnc2c(ccc3c(Br)cccc32)c1. The first-order chi connectivity index (χ1) is 27.3. The first kappa shape index (κ1) is 36.0. The first-order valence-corrected chi connectivity index (χ1v) is 20.5. The monoisotopic (exact) mass is 848 g/mol. The van der Waals surface area contributed by atoms with Gasteiger partial charge in [0.2, 0.25) is 0 Å². The summed E-state index contributed by atoms with van der Waals surface area (Å²) in [7, 11) is 0. The fourth-order valence-electron chi connectivity index (χ4n) is 8.41. The first-order valence-electron chi connectivity index (χ1n) is 18.9. The highest BCUT2D eigenvalue weighted by atomic mass is 79.9. The van der Waals surface area contributed by atoms with Crippen molar-refractivity contribution in [1.29, 1.82) is 0 Å². The lowest BCUT2D eigenvalue weighted by Crippen LogP contribution is -2.02. The molecule has 4 heteroatoms. The van der Waals surface area contributed by atoms with Crippen molar-refractivity contribution in [3.63, 3.8) is 0 Å². The predicted octanol–water partition coefficient (Wildman–Crippen LogP) is 15.5. The Bertz CT molecular complexity index is 2950. The number of hydrogen-bond donors (Lipinski definition) is 0. The lowest BCUT2D eigenvalue weighted by molar-refractivity contribution is 1.24. The van der Waals surface area contributed by atoms with Crippen molar-refractivity contribution in [1.82, 2.24) is 9.97 Å². The van der Waals surface area contributed by atoms with Crippen LogP contribution in [0.2, 0.25) is 0 Å². The van der Waals surface area contributed by atoms with Gasteiger partial charge >= 0.3 is 0 Å². The molecular weight excluding hydrogens is 812 g/mol. The molecule has 270 valence electrons. The van der Waals surface area contributed by atoms with Crippen LogP contribution in [0.5, 0.6) is 0 Å². The predicted molar refractivity (Wildman–Crippen MR) is 244 cm³/mol. The lowest BCUT2D eigenvalue weighted by Gasteiger charge is -2.24. The van der Waals surface area contributed by atoms with E-state index in [0.29, 0.717) is 0 Å². The van der Waals surface area contributed by atoms with E-state index in [0.717, 1.165) is 58.7 Å². The molecule has 56 heavy (non-hydrogen) atoms. The van der Waals surface area contributed by atoms with Gasteiger partial charge in [0.1, 0.15) is 0 Å². The smallest absolute Gasteiger partial charge is 0.0781 e. The zero-order valence-corrected chi connectivity index (χ0v) is 34.8. The molecule has 0 amide bonds. The molecule has 0 spiro atoms. The van der Waals surface area contributed by atoms with Crippen molar-refractivity contribution in [2.24, 2.45) is 0 Å². The molecule has 0 aliphatic heterocycles. The number of nitrogens with zero attached hydrogens (tertiary/aromatic N) is 2. The molecule has 2 aromatic heterocycles. The molecule has 0 bridgehead atoms. The quantitative estimate of drug-likeness (QED) is 0.156. The van der Waals surface area contributed by atoms with Gasteiger partial charge in [-0.15, -0.1) is 0 Å². The number of fused-ring (bicyclic) bond motifs is 3. The Morgan fingerprint density at radius 1 is 0.393 bits per heavy atom. The van der Waals surface area contributed by atoms with E-state index in [1.165, 1.54) is 61.0 Å². The van der Waals surface area contributed by atoms with Crippen molar-refractivity contribution in [2.75, 3.05) is 0 Å². The lowest BCUT2D eigenvalue weighted by atomic mass is 9.80. The van der Waals surface area contributed by atoms with E-state index in [1.807, 2.05) is 12.3 Å². The van der Waals surface area contributed by atoms with E-state index >= 15 is 0 Å². The Kier molecular flexibility index (Phi) is 9.49. The van der Waals surface area contributed by atoms with Crippen molar-refractivity contribution in [2.45, 2.75) is 27.7 Å². The van der Waals surface area contributed by atoms with Crippen LogP contribution in [0.25, 0.3) is 88.6 Å². The zero-order valence-electron chi connectivity index (χ0n) is 31.7. The van der Waals surface area contributed by atoms with Gasteiger partial charge in [0.25, 0.3) is 0 Å². The molecule has 0 fully saturated rings. The Morgan fingerprint density at radius 2 is 1.00 bits per heavy atom. The van der Waals surface area contributed by atoms with Crippen LogP contribution in [0.1, 0.15) is 22.3 Å². The van der Waals surface area contributed by atoms with Gasteiger partial charge in [0.15, 0.2) is 0 Å². The summed E-state index contributed by atoms with van der Waals surface area (Å²) in [5.41, 5.74) is 20.0. The molecule has 9 aromatic rings. The minimum Gasteiger partial charge on any atom is -0.256 e. The summed E-state index contributed by atoms with van der Waals surface area (Å²) in [6.07, 6.45) is 4.10. The van der Waals surface area contributed by atoms with Gasteiger partial charge in [-0.1, -0.05) is 147 Å². The molecule has 0 aliphatic rings. The molecule has 2 heterocycles. The Balaban J connectivity index is 1.19. The maximum absolute atomic E-state index is 5.07. The molecule has 0 N–H and O–H groups in total. The second-order valence-corrected chi connectivity index (χ2v) is 16.3. The normalized spacial score (nSPS) is 11.4. The number of aromatic nitrogens is 2. The summed E-state index contributed by atoms with van der Waals surface area (Å²) in [6, 6.07) is 51.8. The van der Waals surface area contributed by atoms with E-state index in [-0.39, 0.29) is 0 Å². The fourth-order valence-corrected chi connectivity index (χ4v) is 9.31. The van der Waals surface area contributed by atoms with Gasteiger partial charge in [-0.2, -0.15) is 0 Å². The molecule has 0 saturated carbocycles. The number of rotatable bonds is 6. The van der Waals surface area contributed by atoms with Crippen LogP contribution in [0, 0.1) is 27.7 Å². The average Bonchev–Trinajstić information content (AvgIpc) is 3.23. The summed E-state index contributed by atoms with van der Waals surface area (Å²) in [5.74, 6) is 0. The van der Waals surface area contributed by atoms with Crippen LogP contribution < -0.4 is 0 Å². The zero-order chi connectivity index (χ0) is 38.5. The molecule has 2 nitrogen and oxygen atoms in total. The van der Waals surface area contributed by atoms with Crippen LogP contribution in [0.3, 0.4) is 0 Å². The van der Waals surface area contributed by atoms with E-state index in [9.17, 15) is 0 Å². The van der Waals surface area contributed by atoms with Gasteiger partial charge in [0.05, 0.1) is 11.2 Å². The third-order valence-corrected chi connectivity index (χ3v) is 12.6. The third kappa shape index (κ3) is 6.27. The standard InChI is InChI=1S/C52H38Br2N2/c1-31-33(3)51(44-21-11-9-19-41(44)47-30-55-49(36-16-12-17-39(53)27-36)28-46(47)35-14-6-5-7-15-35)34(4)32(2)50(31)43-20-10-8-18-40(43)38-26-37-24-25-42-45(52(37)56-29-38)22-13-23-48(42)54/h5-30H,1-4H3. The maximum atomic E-state index is 5.07. The molecular formula is C52H38Br2N2. The summed E-state index contributed by atoms with van der Waals surface area (Å²) in [6.45, 7) is 9.14. The summed E-state index contributed by atoms with van der Waals surface area (Å²) < 4.78 is 2.12. The second-order valence-electron chi connectivity index (χ2n) is 14.5. The molecule has 9 rings (SSSR count). The molecule has 0 aliphatic carbocycles. The maximum Gasteiger partial charge on any atom is 0.0781 e. The molecule has 0 atom stereocenters. The van der Waals surface area contributed by atoms with Crippen molar-refractivity contribution in [3.8, 4) is 66.9 Å². The number of benzene rings is 7.